The molecule has 0 saturated heterocycles. The molecule has 4 heteroatoms. The second-order valence-electron chi connectivity index (χ2n) is 3.46. The molecular formula is C13H9F2NO. The van der Waals surface area contributed by atoms with Crippen LogP contribution in [0.25, 0.3) is 0 Å². The lowest BCUT2D eigenvalue weighted by atomic mass is 10.0. The molecule has 0 aliphatic carbocycles. The average Bonchev–Trinajstić information content (AvgIpc) is 2.35. The number of benzene rings is 2. The molecule has 0 fully saturated rings. The Morgan fingerprint density at radius 1 is 0.765 bits per heavy atom. The molecule has 0 spiro atoms. The van der Waals surface area contributed by atoms with E-state index >= 15 is 0 Å². The fourth-order valence-electron chi connectivity index (χ4n) is 1.50. The minimum atomic E-state index is -0.370. The summed E-state index contributed by atoms with van der Waals surface area (Å²) in [6.45, 7) is 0. The van der Waals surface area contributed by atoms with Crippen LogP contribution in [-0.2, 0) is 0 Å². The second kappa shape index (κ2) is 4.74. The predicted molar refractivity (Wildman–Crippen MR) is 60.2 cm³/mol. The van der Waals surface area contributed by atoms with E-state index in [1.807, 2.05) is 0 Å². The summed E-state index contributed by atoms with van der Waals surface area (Å²) < 4.78 is 25.5. The summed E-state index contributed by atoms with van der Waals surface area (Å²) in [5.74, 6) is -0.740. The lowest BCUT2D eigenvalue weighted by molar-refractivity contribution is 0.319. The lowest BCUT2D eigenvalue weighted by Crippen LogP contribution is -2.03. The highest BCUT2D eigenvalue weighted by Gasteiger charge is 2.07. The van der Waals surface area contributed by atoms with E-state index in [4.69, 9.17) is 5.21 Å². The summed E-state index contributed by atoms with van der Waals surface area (Å²) in [5.41, 5.74) is 1.38. The standard InChI is InChI=1S/C13H9F2NO/c14-11-5-1-9(2-6-11)13(16-17)10-3-7-12(15)8-4-10/h1-8,17H. The highest BCUT2D eigenvalue weighted by Crippen LogP contribution is 2.12. The molecule has 0 radical (unpaired) electrons. The van der Waals surface area contributed by atoms with Gasteiger partial charge in [-0.1, -0.05) is 5.16 Å². The molecule has 0 aliphatic heterocycles. The first-order valence-corrected chi connectivity index (χ1v) is 4.94. The Hall–Kier alpha value is -2.23. The van der Waals surface area contributed by atoms with E-state index in [0.29, 0.717) is 11.1 Å². The molecular weight excluding hydrogens is 224 g/mol. The molecule has 2 aromatic rings. The molecule has 86 valence electrons. The van der Waals surface area contributed by atoms with Crippen molar-refractivity contribution in [3.8, 4) is 0 Å². The molecule has 17 heavy (non-hydrogen) atoms. The zero-order chi connectivity index (χ0) is 12.3. The molecule has 0 heterocycles. The molecule has 2 nitrogen and oxygen atoms in total. The maximum atomic E-state index is 12.8. The predicted octanol–water partition coefficient (Wildman–Crippen LogP) is 3.19. The third-order valence-electron chi connectivity index (χ3n) is 2.34. The van der Waals surface area contributed by atoms with Crippen LogP contribution in [0.15, 0.2) is 53.7 Å². The van der Waals surface area contributed by atoms with Gasteiger partial charge < -0.3 is 5.21 Å². The Bertz CT molecular complexity index is 485. The van der Waals surface area contributed by atoms with Gasteiger partial charge in [-0.25, -0.2) is 8.78 Å². The minimum absolute atomic E-state index is 0.269. The number of nitrogens with zero attached hydrogens (tertiary/aromatic N) is 1. The van der Waals surface area contributed by atoms with Crippen LogP contribution in [0.5, 0.6) is 0 Å². The van der Waals surface area contributed by atoms with Gasteiger partial charge in [-0.3, -0.25) is 0 Å². The fourth-order valence-corrected chi connectivity index (χ4v) is 1.50. The molecule has 1 N–H and O–H groups in total. The van der Waals surface area contributed by atoms with Crippen molar-refractivity contribution in [1.82, 2.24) is 0 Å². The van der Waals surface area contributed by atoms with Gasteiger partial charge in [-0.2, -0.15) is 0 Å². The van der Waals surface area contributed by atoms with Gasteiger partial charge >= 0.3 is 0 Å². The van der Waals surface area contributed by atoms with Crippen molar-refractivity contribution in [3.05, 3.63) is 71.3 Å². The normalized spacial score (nSPS) is 10.0. The highest BCUT2D eigenvalue weighted by atomic mass is 19.1. The van der Waals surface area contributed by atoms with Gasteiger partial charge in [0.1, 0.15) is 17.3 Å². The van der Waals surface area contributed by atoms with E-state index in [-0.39, 0.29) is 17.3 Å². The molecule has 2 aromatic carbocycles. The Balaban J connectivity index is 2.41. The van der Waals surface area contributed by atoms with Crippen molar-refractivity contribution in [2.24, 2.45) is 5.16 Å². The summed E-state index contributed by atoms with van der Waals surface area (Å²) in [7, 11) is 0. The number of hydrogen-bond acceptors (Lipinski definition) is 2. The van der Waals surface area contributed by atoms with Gasteiger partial charge in [-0.15, -0.1) is 0 Å². The van der Waals surface area contributed by atoms with Gasteiger partial charge in [0.05, 0.1) is 0 Å². The summed E-state index contributed by atoms with van der Waals surface area (Å²) in [6, 6.07) is 11.0. The SMILES string of the molecule is ON=C(c1ccc(F)cc1)c1ccc(F)cc1. The molecule has 0 unspecified atom stereocenters. The molecule has 0 aromatic heterocycles. The van der Waals surface area contributed by atoms with Gasteiger partial charge in [-0.05, 0) is 48.5 Å². The van der Waals surface area contributed by atoms with E-state index in [1.54, 1.807) is 0 Å². The average molecular weight is 233 g/mol. The van der Waals surface area contributed by atoms with Gasteiger partial charge in [0.25, 0.3) is 0 Å². The maximum Gasteiger partial charge on any atom is 0.123 e. The summed E-state index contributed by atoms with van der Waals surface area (Å²) in [4.78, 5) is 0. The molecule has 2 rings (SSSR count). The third kappa shape index (κ3) is 2.47. The number of oxime groups is 1. The van der Waals surface area contributed by atoms with E-state index in [2.05, 4.69) is 5.16 Å². The monoisotopic (exact) mass is 233 g/mol. The first kappa shape index (κ1) is 11.3. The molecule has 0 amide bonds. The van der Waals surface area contributed by atoms with Crippen LogP contribution in [0.1, 0.15) is 11.1 Å². The van der Waals surface area contributed by atoms with E-state index < -0.39 is 0 Å². The van der Waals surface area contributed by atoms with Gasteiger partial charge in [0.2, 0.25) is 0 Å². The van der Waals surface area contributed by atoms with E-state index in [0.717, 1.165) is 0 Å². The molecule has 0 saturated carbocycles. The Morgan fingerprint density at radius 3 is 1.41 bits per heavy atom. The second-order valence-corrected chi connectivity index (χ2v) is 3.46. The lowest BCUT2D eigenvalue weighted by Gasteiger charge is -2.04. The van der Waals surface area contributed by atoms with Crippen LogP contribution >= 0.6 is 0 Å². The van der Waals surface area contributed by atoms with Crippen molar-refractivity contribution in [1.29, 1.82) is 0 Å². The first-order valence-electron chi connectivity index (χ1n) is 4.94. The van der Waals surface area contributed by atoms with Crippen LogP contribution in [0.2, 0.25) is 0 Å². The first-order chi connectivity index (χ1) is 8.20. The van der Waals surface area contributed by atoms with E-state index in [1.165, 1.54) is 48.5 Å². The van der Waals surface area contributed by atoms with E-state index in [9.17, 15) is 8.78 Å². The van der Waals surface area contributed by atoms with Crippen LogP contribution in [-0.4, -0.2) is 10.9 Å². The molecule has 0 aliphatic rings. The van der Waals surface area contributed by atoms with Crippen LogP contribution in [0.3, 0.4) is 0 Å². The van der Waals surface area contributed by atoms with Gasteiger partial charge in [0.15, 0.2) is 0 Å². The van der Waals surface area contributed by atoms with Crippen molar-refractivity contribution in [3.63, 3.8) is 0 Å². The van der Waals surface area contributed by atoms with Crippen molar-refractivity contribution < 1.29 is 14.0 Å². The fraction of sp³-hybridized carbons (Fsp3) is 0. The maximum absolute atomic E-state index is 12.8. The van der Waals surface area contributed by atoms with Crippen molar-refractivity contribution in [2.45, 2.75) is 0 Å². The Kier molecular flexibility index (Phi) is 3.14. The largest absolute Gasteiger partial charge is 0.410 e. The topological polar surface area (TPSA) is 32.6 Å². The quantitative estimate of drug-likeness (QED) is 0.482. The highest BCUT2D eigenvalue weighted by molar-refractivity contribution is 6.12. The number of halogens is 2. The summed E-state index contributed by atoms with van der Waals surface area (Å²) >= 11 is 0. The zero-order valence-corrected chi connectivity index (χ0v) is 8.77. The Morgan fingerprint density at radius 2 is 1.12 bits per heavy atom. The third-order valence-corrected chi connectivity index (χ3v) is 2.34. The summed E-state index contributed by atoms with van der Waals surface area (Å²) in [6.07, 6.45) is 0. The van der Waals surface area contributed by atoms with Crippen molar-refractivity contribution >= 4 is 5.71 Å². The Labute approximate surface area is 96.8 Å². The number of rotatable bonds is 2. The summed E-state index contributed by atoms with van der Waals surface area (Å²) in [5, 5.41) is 12.1. The van der Waals surface area contributed by atoms with Gasteiger partial charge in [0, 0.05) is 11.1 Å². The van der Waals surface area contributed by atoms with Crippen LogP contribution < -0.4 is 0 Å². The minimum Gasteiger partial charge on any atom is -0.410 e. The van der Waals surface area contributed by atoms with Crippen LogP contribution in [0.4, 0.5) is 8.78 Å². The van der Waals surface area contributed by atoms with Crippen LogP contribution in [0, 0.1) is 11.6 Å². The molecule has 0 atom stereocenters. The molecule has 0 bridgehead atoms. The smallest absolute Gasteiger partial charge is 0.123 e. The number of hydrogen-bond donors (Lipinski definition) is 1. The zero-order valence-electron chi connectivity index (χ0n) is 8.77. The van der Waals surface area contributed by atoms with Crippen molar-refractivity contribution in [2.75, 3.05) is 0 Å².